The molecule has 6 heteroatoms. The van der Waals surface area contributed by atoms with Crippen molar-refractivity contribution in [3.63, 3.8) is 0 Å². The molecule has 16 aromatic rings. The zero-order chi connectivity index (χ0) is 53.4. The molecule has 0 aliphatic rings. The fourth-order valence-electron chi connectivity index (χ4n) is 12.2. The maximum Gasteiger partial charge on any atom is 0.164 e. The molecule has 0 radical (unpaired) electrons. The van der Waals surface area contributed by atoms with E-state index in [1.807, 2.05) is 23.5 Å². The highest BCUT2D eigenvalue weighted by atomic mass is 32.1. The molecule has 12 aromatic carbocycles. The molecule has 0 aliphatic heterocycles. The first-order valence-corrected chi connectivity index (χ1v) is 28.2. The molecule has 4 aromatic heterocycles. The van der Waals surface area contributed by atoms with E-state index in [1.54, 1.807) is 0 Å². The molecule has 0 aliphatic carbocycles. The molecule has 4 heterocycles. The average molecular weight is 1050 g/mol. The Morgan fingerprint density at radius 2 is 0.593 bits per heavy atom. The zero-order valence-corrected chi connectivity index (χ0v) is 44.6. The third-order valence-electron chi connectivity index (χ3n) is 16.0. The summed E-state index contributed by atoms with van der Waals surface area (Å²) in [6.45, 7) is 0. The summed E-state index contributed by atoms with van der Waals surface area (Å²) >= 11 is 1.92. The Balaban J connectivity index is 0.945. The first-order valence-electron chi connectivity index (χ1n) is 27.4. The van der Waals surface area contributed by atoms with Crippen molar-refractivity contribution in [1.82, 2.24) is 24.1 Å². The van der Waals surface area contributed by atoms with Crippen LogP contribution in [0.5, 0.6) is 0 Å². The Morgan fingerprint density at radius 1 is 0.247 bits per heavy atom. The van der Waals surface area contributed by atoms with E-state index in [9.17, 15) is 0 Å². The van der Waals surface area contributed by atoms with Gasteiger partial charge >= 0.3 is 0 Å². The van der Waals surface area contributed by atoms with Gasteiger partial charge in [-0.25, -0.2) is 15.0 Å². The Kier molecular flexibility index (Phi) is 11.0. The van der Waals surface area contributed by atoms with Crippen molar-refractivity contribution in [2.24, 2.45) is 0 Å². The predicted octanol–water partition coefficient (Wildman–Crippen LogP) is 20.1. The van der Waals surface area contributed by atoms with Crippen molar-refractivity contribution < 1.29 is 0 Å². The van der Waals surface area contributed by atoms with Crippen molar-refractivity contribution in [3.8, 4) is 90.0 Å². The van der Waals surface area contributed by atoms with Gasteiger partial charge in [-0.3, -0.25) is 0 Å². The molecule has 0 saturated heterocycles. The van der Waals surface area contributed by atoms with E-state index in [1.165, 1.54) is 52.8 Å². The summed E-state index contributed by atoms with van der Waals surface area (Å²) in [5, 5.41) is 7.53. The van der Waals surface area contributed by atoms with Crippen molar-refractivity contribution >= 4 is 75.1 Å². The molecule has 0 N–H and O–H groups in total. The van der Waals surface area contributed by atoms with Gasteiger partial charge in [0.05, 0.1) is 27.8 Å². The van der Waals surface area contributed by atoms with Crippen molar-refractivity contribution in [2.45, 2.75) is 0 Å². The average Bonchev–Trinajstić information content (AvgIpc) is 3.77. The molecule has 0 atom stereocenters. The van der Waals surface area contributed by atoms with Gasteiger partial charge in [-0.2, -0.15) is 0 Å². The lowest BCUT2D eigenvalue weighted by Gasteiger charge is -2.21. The number of fused-ring (bicyclic) bond motifs is 11. The Bertz CT molecular complexity index is 4890. The van der Waals surface area contributed by atoms with Crippen LogP contribution in [0.3, 0.4) is 0 Å². The number of para-hydroxylation sites is 3. The predicted molar refractivity (Wildman–Crippen MR) is 339 cm³/mol. The summed E-state index contributed by atoms with van der Waals surface area (Å²) in [7, 11) is 0. The topological polar surface area (TPSA) is 48.5 Å². The number of rotatable bonds is 9. The van der Waals surface area contributed by atoms with Gasteiger partial charge in [0.15, 0.2) is 17.5 Å². The van der Waals surface area contributed by atoms with Crippen LogP contribution < -0.4 is 0 Å². The molecule has 0 amide bonds. The minimum Gasteiger partial charge on any atom is -0.309 e. The number of aromatic nitrogens is 5. The van der Waals surface area contributed by atoms with Crippen molar-refractivity contribution in [2.75, 3.05) is 0 Å². The summed E-state index contributed by atoms with van der Waals surface area (Å²) < 4.78 is 7.51. The molecule has 0 unspecified atom stereocenters. The van der Waals surface area contributed by atoms with Crippen LogP contribution in [-0.4, -0.2) is 24.1 Å². The second-order valence-electron chi connectivity index (χ2n) is 20.7. The minimum absolute atomic E-state index is 0.587. The van der Waals surface area contributed by atoms with Gasteiger partial charge in [-0.1, -0.05) is 237 Å². The number of thiophene rings is 1. The normalized spacial score (nSPS) is 11.7. The van der Waals surface area contributed by atoms with Gasteiger partial charge in [0, 0.05) is 75.2 Å². The second-order valence-corrected chi connectivity index (χ2v) is 21.7. The van der Waals surface area contributed by atoms with Crippen molar-refractivity contribution in [1.29, 1.82) is 0 Å². The summed E-state index contributed by atoms with van der Waals surface area (Å²) in [6, 6.07) is 102. The fraction of sp³-hybridized carbons (Fsp3) is 0. The van der Waals surface area contributed by atoms with Crippen LogP contribution in [0.25, 0.3) is 154 Å². The van der Waals surface area contributed by atoms with E-state index >= 15 is 0 Å². The molecule has 16 rings (SSSR count). The van der Waals surface area contributed by atoms with Crippen LogP contribution in [0.15, 0.2) is 285 Å². The molecule has 5 nitrogen and oxygen atoms in total. The number of hydrogen-bond acceptors (Lipinski definition) is 4. The summed E-state index contributed by atoms with van der Waals surface area (Å²) in [5.41, 5.74) is 18.5. The first-order chi connectivity index (χ1) is 40.2. The minimum atomic E-state index is 0.587. The largest absolute Gasteiger partial charge is 0.309 e. The van der Waals surface area contributed by atoms with Crippen LogP contribution in [-0.2, 0) is 0 Å². The maximum absolute atomic E-state index is 5.41. The monoisotopic (exact) mass is 1050 g/mol. The molecule has 0 fully saturated rings. The third kappa shape index (κ3) is 7.79. The lowest BCUT2D eigenvalue weighted by Crippen LogP contribution is -2.04. The Morgan fingerprint density at radius 3 is 1.05 bits per heavy atom. The number of hydrogen-bond donors (Lipinski definition) is 0. The summed E-state index contributed by atoms with van der Waals surface area (Å²) in [4.78, 5) is 16.1. The number of benzene rings is 12. The molecular weight excluding hydrogens is 1000 g/mol. The lowest BCUT2D eigenvalue weighted by atomic mass is 9.92. The molecule has 0 bridgehead atoms. The summed E-state index contributed by atoms with van der Waals surface area (Å²) in [6.07, 6.45) is 0. The first kappa shape index (κ1) is 46.6. The smallest absolute Gasteiger partial charge is 0.164 e. The van der Waals surface area contributed by atoms with E-state index in [-0.39, 0.29) is 0 Å². The van der Waals surface area contributed by atoms with Crippen LogP contribution in [0.4, 0.5) is 0 Å². The second kappa shape index (κ2) is 19.1. The molecule has 378 valence electrons. The van der Waals surface area contributed by atoms with Crippen LogP contribution in [0.2, 0.25) is 0 Å². The highest BCUT2D eigenvalue weighted by molar-refractivity contribution is 7.27. The number of nitrogens with zero attached hydrogens (tertiary/aromatic N) is 5. The highest BCUT2D eigenvalue weighted by Gasteiger charge is 2.26. The SMILES string of the molecule is c1ccc(-c2ccc(-c3nc(-c4ccc(-c5ccccc5)cc4)nc(-c4cc(-c5ccccc5)c(-n5c6ccccc6c6c7sc8c(ccc9c8c8ccccc8n9-c8ccccc8)c7ccc65)c(-c5ccccc5)c4)n3)cc2)cc1. The van der Waals surface area contributed by atoms with E-state index in [0.717, 1.165) is 83.6 Å². The summed E-state index contributed by atoms with van der Waals surface area (Å²) in [5.74, 6) is 1.79. The van der Waals surface area contributed by atoms with Gasteiger partial charge in [0.2, 0.25) is 0 Å². The maximum atomic E-state index is 5.41. The highest BCUT2D eigenvalue weighted by Crippen LogP contribution is 2.50. The van der Waals surface area contributed by atoms with Crippen LogP contribution in [0.1, 0.15) is 0 Å². The zero-order valence-electron chi connectivity index (χ0n) is 43.8. The Hall–Kier alpha value is -10.5. The van der Waals surface area contributed by atoms with E-state index < -0.39 is 0 Å². The van der Waals surface area contributed by atoms with Crippen LogP contribution in [0, 0.1) is 0 Å². The van der Waals surface area contributed by atoms with E-state index in [0.29, 0.717) is 17.5 Å². The van der Waals surface area contributed by atoms with Gasteiger partial charge < -0.3 is 9.13 Å². The molecule has 0 spiro atoms. The van der Waals surface area contributed by atoms with E-state index in [2.05, 4.69) is 282 Å². The van der Waals surface area contributed by atoms with Gasteiger partial charge in [0.1, 0.15) is 0 Å². The Labute approximate surface area is 471 Å². The van der Waals surface area contributed by atoms with Gasteiger partial charge in [-0.05, 0) is 81.9 Å². The van der Waals surface area contributed by atoms with Crippen LogP contribution >= 0.6 is 11.3 Å². The van der Waals surface area contributed by atoms with Gasteiger partial charge in [0.25, 0.3) is 0 Å². The molecular formula is C75H47N5S. The molecule has 81 heavy (non-hydrogen) atoms. The third-order valence-corrected chi connectivity index (χ3v) is 17.2. The standard InChI is InChI=1S/C75H47N5S/c1-6-20-48(21-7-1)50-34-38-54(39-35-50)73-76-74(55-40-36-51(37-41-55)49-22-8-2-9-23-49)78-75(77-73)56-46-62(52-24-10-3-11-25-52)70(63(47-56)53-26-12-4-13-27-53)80-65-33-19-17-31-61(65)69-67(80)45-43-59-58-42-44-66-68(71(58)81-72(59)69)60-30-16-18-32-64(60)79(66)57-28-14-5-15-29-57/h1-47H. The lowest BCUT2D eigenvalue weighted by molar-refractivity contribution is 1.07. The molecule has 0 saturated carbocycles. The van der Waals surface area contributed by atoms with Gasteiger partial charge in [-0.15, -0.1) is 11.3 Å². The van der Waals surface area contributed by atoms with Crippen molar-refractivity contribution in [3.05, 3.63) is 285 Å². The fourth-order valence-corrected chi connectivity index (χ4v) is 13.6. The quantitative estimate of drug-likeness (QED) is 0.145. The van der Waals surface area contributed by atoms with E-state index in [4.69, 9.17) is 15.0 Å².